The Labute approximate surface area is 118 Å². The molecule has 0 heterocycles. The quantitative estimate of drug-likeness (QED) is 0.539. The summed E-state index contributed by atoms with van der Waals surface area (Å²) in [5, 5.41) is 14.0. The molecule has 1 rings (SSSR count). The predicted octanol–water partition coefficient (Wildman–Crippen LogP) is 0.551. The zero-order chi connectivity index (χ0) is 15.0. The molecule has 1 fully saturated rings. The molecule has 0 spiro atoms. The van der Waals surface area contributed by atoms with E-state index in [9.17, 15) is 14.4 Å². The lowest BCUT2D eigenvalue weighted by molar-refractivity contribution is -0.137. The summed E-state index contributed by atoms with van der Waals surface area (Å²) in [4.78, 5) is 34.8. The molecule has 7 nitrogen and oxygen atoms in total. The van der Waals surface area contributed by atoms with Gasteiger partial charge in [-0.15, -0.1) is 0 Å². The molecule has 3 amide bonds. The average Bonchev–Trinajstić information content (AvgIpc) is 3.16. The van der Waals surface area contributed by atoms with Crippen molar-refractivity contribution in [3.8, 4) is 0 Å². The number of nitrogens with zero attached hydrogens (tertiary/aromatic N) is 1. The van der Waals surface area contributed by atoms with E-state index < -0.39 is 5.97 Å². The number of aliphatic carboxylic acids is 1. The van der Waals surface area contributed by atoms with E-state index in [-0.39, 0.29) is 24.9 Å². The number of likely N-dealkylation sites (N-methyl/N-ethyl adjacent to an activating group) is 1. The van der Waals surface area contributed by atoms with E-state index in [0.29, 0.717) is 19.0 Å². The second-order valence-corrected chi connectivity index (χ2v) is 5.13. The van der Waals surface area contributed by atoms with E-state index in [1.54, 1.807) is 7.05 Å². The van der Waals surface area contributed by atoms with Crippen LogP contribution in [-0.2, 0) is 9.59 Å². The van der Waals surface area contributed by atoms with Crippen molar-refractivity contribution in [1.82, 2.24) is 15.5 Å². The maximum absolute atomic E-state index is 11.7. The Balaban J connectivity index is 2.02. The predicted molar refractivity (Wildman–Crippen MR) is 73.3 cm³/mol. The third-order valence-electron chi connectivity index (χ3n) is 3.01. The summed E-state index contributed by atoms with van der Waals surface area (Å²) in [5.41, 5.74) is 0. The molecule has 0 unspecified atom stereocenters. The molecule has 0 aromatic rings. The Morgan fingerprint density at radius 1 is 1.20 bits per heavy atom. The molecule has 0 aromatic heterocycles. The second kappa shape index (κ2) is 8.39. The third kappa shape index (κ3) is 7.60. The zero-order valence-electron chi connectivity index (χ0n) is 11.9. The van der Waals surface area contributed by atoms with Crippen LogP contribution in [0.5, 0.6) is 0 Å². The molecule has 1 saturated carbocycles. The summed E-state index contributed by atoms with van der Waals surface area (Å²) in [7, 11) is 1.58. The Bertz CT molecular complexity index is 356. The van der Waals surface area contributed by atoms with Crippen molar-refractivity contribution < 1.29 is 19.5 Å². The van der Waals surface area contributed by atoms with Crippen molar-refractivity contribution in [2.45, 2.75) is 44.6 Å². The maximum atomic E-state index is 11.7. The van der Waals surface area contributed by atoms with E-state index in [1.807, 2.05) is 0 Å². The van der Waals surface area contributed by atoms with Gasteiger partial charge in [-0.1, -0.05) is 6.42 Å². The maximum Gasteiger partial charge on any atom is 0.317 e. The number of urea groups is 1. The molecule has 20 heavy (non-hydrogen) atoms. The van der Waals surface area contributed by atoms with Crippen molar-refractivity contribution in [2.75, 3.05) is 20.1 Å². The molecule has 1 aliphatic rings. The van der Waals surface area contributed by atoms with Crippen molar-refractivity contribution >= 4 is 17.9 Å². The first-order chi connectivity index (χ1) is 9.49. The highest BCUT2D eigenvalue weighted by Gasteiger charge is 2.24. The van der Waals surface area contributed by atoms with Crippen molar-refractivity contribution in [1.29, 1.82) is 0 Å². The molecule has 0 aromatic carbocycles. The fourth-order valence-electron chi connectivity index (χ4n) is 1.70. The standard InChI is InChI=1S/C13H23N3O4/c1-16(9-11(17)15-10-6-7-10)13(20)14-8-4-2-3-5-12(18)19/h10H,2-9H2,1H3,(H,14,20)(H,15,17)(H,18,19). The molecular weight excluding hydrogens is 262 g/mol. The molecule has 0 aliphatic heterocycles. The van der Waals surface area contributed by atoms with Crippen LogP contribution in [0.15, 0.2) is 0 Å². The molecule has 3 N–H and O–H groups in total. The Hall–Kier alpha value is -1.79. The fourth-order valence-corrected chi connectivity index (χ4v) is 1.70. The summed E-state index contributed by atoms with van der Waals surface area (Å²) >= 11 is 0. The van der Waals surface area contributed by atoms with E-state index in [0.717, 1.165) is 25.7 Å². The first kappa shape index (κ1) is 16.3. The number of carbonyl (C=O) groups excluding carboxylic acids is 2. The van der Waals surface area contributed by atoms with Gasteiger partial charge in [0.05, 0.1) is 0 Å². The van der Waals surface area contributed by atoms with Crippen LogP contribution in [-0.4, -0.2) is 54.1 Å². The van der Waals surface area contributed by atoms with Gasteiger partial charge in [0.25, 0.3) is 0 Å². The molecular formula is C13H23N3O4. The number of unbranched alkanes of at least 4 members (excludes halogenated alkanes) is 2. The van der Waals surface area contributed by atoms with Crippen LogP contribution in [0.4, 0.5) is 4.79 Å². The van der Waals surface area contributed by atoms with E-state index in [2.05, 4.69) is 10.6 Å². The van der Waals surface area contributed by atoms with Crippen molar-refractivity contribution in [3.63, 3.8) is 0 Å². The lowest BCUT2D eigenvalue weighted by Gasteiger charge is -2.17. The Morgan fingerprint density at radius 3 is 2.50 bits per heavy atom. The van der Waals surface area contributed by atoms with Gasteiger partial charge >= 0.3 is 12.0 Å². The van der Waals surface area contributed by atoms with Gasteiger partial charge < -0.3 is 20.6 Å². The normalized spacial score (nSPS) is 13.7. The summed E-state index contributed by atoms with van der Waals surface area (Å²) < 4.78 is 0. The first-order valence-corrected chi connectivity index (χ1v) is 6.99. The van der Waals surface area contributed by atoms with Crippen LogP contribution in [0.1, 0.15) is 38.5 Å². The number of nitrogens with one attached hydrogen (secondary N) is 2. The van der Waals surface area contributed by atoms with Gasteiger partial charge in [0, 0.05) is 26.1 Å². The molecule has 1 aliphatic carbocycles. The third-order valence-corrected chi connectivity index (χ3v) is 3.01. The average molecular weight is 285 g/mol. The number of amides is 3. The van der Waals surface area contributed by atoms with Crippen LogP contribution in [0.25, 0.3) is 0 Å². The summed E-state index contributed by atoms with van der Waals surface area (Å²) in [6, 6.07) is 0.0161. The summed E-state index contributed by atoms with van der Waals surface area (Å²) in [5.74, 6) is -0.929. The van der Waals surface area contributed by atoms with Gasteiger partial charge in [-0.25, -0.2) is 4.79 Å². The molecule has 0 saturated heterocycles. The number of carboxylic acid groups (broad SMARTS) is 1. The fraction of sp³-hybridized carbons (Fsp3) is 0.769. The zero-order valence-corrected chi connectivity index (χ0v) is 11.9. The second-order valence-electron chi connectivity index (χ2n) is 5.13. The highest BCUT2D eigenvalue weighted by molar-refractivity contribution is 5.84. The van der Waals surface area contributed by atoms with Gasteiger partial charge in [-0.2, -0.15) is 0 Å². The lowest BCUT2D eigenvalue weighted by atomic mass is 10.2. The Kier molecular flexibility index (Phi) is 6.83. The lowest BCUT2D eigenvalue weighted by Crippen LogP contribution is -2.44. The van der Waals surface area contributed by atoms with Crippen molar-refractivity contribution in [2.24, 2.45) is 0 Å². The van der Waals surface area contributed by atoms with E-state index in [4.69, 9.17) is 5.11 Å². The monoisotopic (exact) mass is 285 g/mol. The molecule has 0 bridgehead atoms. The first-order valence-electron chi connectivity index (χ1n) is 6.99. The minimum absolute atomic E-state index is 0.0569. The molecule has 0 radical (unpaired) electrons. The van der Waals surface area contributed by atoms with E-state index >= 15 is 0 Å². The number of hydrogen-bond acceptors (Lipinski definition) is 3. The highest BCUT2D eigenvalue weighted by atomic mass is 16.4. The number of carboxylic acids is 1. The van der Waals surface area contributed by atoms with Gasteiger partial charge in [0.1, 0.15) is 6.54 Å². The van der Waals surface area contributed by atoms with Crippen LogP contribution >= 0.6 is 0 Å². The molecule has 0 atom stereocenters. The van der Waals surface area contributed by atoms with Crippen LogP contribution in [0.2, 0.25) is 0 Å². The SMILES string of the molecule is CN(CC(=O)NC1CC1)C(=O)NCCCCCC(=O)O. The number of rotatable bonds is 9. The highest BCUT2D eigenvalue weighted by Crippen LogP contribution is 2.18. The van der Waals surface area contributed by atoms with Crippen LogP contribution < -0.4 is 10.6 Å². The molecule has 7 heteroatoms. The van der Waals surface area contributed by atoms with Crippen LogP contribution in [0, 0.1) is 0 Å². The Morgan fingerprint density at radius 2 is 1.90 bits per heavy atom. The van der Waals surface area contributed by atoms with Gasteiger partial charge in [0.2, 0.25) is 5.91 Å². The van der Waals surface area contributed by atoms with Gasteiger partial charge in [0.15, 0.2) is 0 Å². The minimum Gasteiger partial charge on any atom is -0.481 e. The number of hydrogen-bond donors (Lipinski definition) is 3. The van der Waals surface area contributed by atoms with E-state index in [1.165, 1.54) is 4.90 Å². The summed E-state index contributed by atoms with van der Waals surface area (Å²) in [6.07, 6.45) is 4.33. The smallest absolute Gasteiger partial charge is 0.317 e. The van der Waals surface area contributed by atoms with Crippen molar-refractivity contribution in [3.05, 3.63) is 0 Å². The minimum atomic E-state index is -0.796. The van der Waals surface area contributed by atoms with Gasteiger partial charge in [-0.3, -0.25) is 9.59 Å². The number of carbonyl (C=O) groups is 3. The van der Waals surface area contributed by atoms with Gasteiger partial charge in [-0.05, 0) is 25.7 Å². The summed E-state index contributed by atoms with van der Waals surface area (Å²) in [6.45, 7) is 0.550. The largest absolute Gasteiger partial charge is 0.481 e. The molecule has 114 valence electrons. The topological polar surface area (TPSA) is 98.7 Å². The van der Waals surface area contributed by atoms with Crippen LogP contribution in [0.3, 0.4) is 0 Å².